The minimum atomic E-state index is -0.146. The van der Waals surface area contributed by atoms with Crippen LogP contribution in [0.4, 0.5) is 0 Å². The first-order valence-electron chi connectivity index (χ1n) is 11.0. The zero-order valence-electron chi connectivity index (χ0n) is 16.1. The average Bonchev–Trinajstić information content (AvgIpc) is 3.34. The molecule has 1 aliphatic heterocycles. The highest BCUT2D eigenvalue weighted by Gasteiger charge is 2.79. The Bertz CT molecular complexity index is 797. The second-order valence-corrected chi connectivity index (χ2v) is 9.92. The van der Waals surface area contributed by atoms with Gasteiger partial charge in [-0.05, 0) is 86.2 Å². The topological polar surface area (TPSA) is 58.9 Å². The summed E-state index contributed by atoms with van der Waals surface area (Å²) < 4.78 is 6.22. The predicted molar refractivity (Wildman–Crippen MR) is 101 cm³/mol. The van der Waals surface area contributed by atoms with Gasteiger partial charge in [-0.3, -0.25) is 4.79 Å². The molecule has 0 bridgehead atoms. The predicted octanol–water partition coefficient (Wildman–Crippen LogP) is 4.49. The van der Waals surface area contributed by atoms with Gasteiger partial charge in [-0.1, -0.05) is 24.2 Å². The first-order chi connectivity index (χ1) is 13.1. The van der Waals surface area contributed by atoms with Crippen molar-refractivity contribution < 1.29 is 14.7 Å². The Kier molecular flexibility index (Phi) is 3.20. The summed E-state index contributed by atoms with van der Waals surface area (Å²) in [5.74, 6) is 4.06. The van der Waals surface area contributed by atoms with Crippen molar-refractivity contribution in [2.45, 2.75) is 63.9 Å². The molecular weight excluding hydrogens is 338 g/mol. The van der Waals surface area contributed by atoms with Crippen molar-refractivity contribution in [3.05, 3.63) is 23.8 Å². The van der Waals surface area contributed by atoms with Gasteiger partial charge < -0.3 is 9.94 Å². The smallest absolute Gasteiger partial charge is 0.306 e. The van der Waals surface area contributed by atoms with E-state index in [1.165, 1.54) is 24.8 Å². The molecule has 8 atom stereocenters. The third-order valence-electron chi connectivity index (χ3n) is 9.47. The summed E-state index contributed by atoms with van der Waals surface area (Å²) in [5, 5.41) is 12.6. The van der Waals surface area contributed by atoms with Crippen molar-refractivity contribution >= 4 is 11.7 Å². The number of allylic oxidation sites excluding steroid dienone is 4. The van der Waals surface area contributed by atoms with E-state index in [1.54, 1.807) is 0 Å². The first kappa shape index (κ1) is 16.4. The summed E-state index contributed by atoms with van der Waals surface area (Å²) in [6.07, 6.45) is 15.4. The van der Waals surface area contributed by atoms with Crippen LogP contribution < -0.4 is 0 Å². The summed E-state index contributed by atoms with van der Waals surface area (Å²) in [5.41, 5.74) is 2.24. The van der Waals surface area contributed by atoms with E-state index in [9.17, 15) is 4.79 Å². The van der Waals surface area contributed by atoms with Crippen LogP contribution in [-0.2, 0) is 9.53 Å². The number of ether oxygens (including phenoxy) is 1. The normalized spacial score (nSPS) is 53.4. The molecule has 3 saturated carbocycles. The van der Waals surface area contributed by atoms with Crippen LogP contribution in [0.25, 0.3) is 0 Å². The molecule has 3 unspecified atom stereocenters. The van der Waals surface area contributed by atoms with Crippen LogP contribution in [0.5, 0.6) is 0 Å². The fraction of sp³-hybridized carbons (Fsp3) is 0.739. The molecule has 4 nitrogen and oxygen atoms in total. The quantitative estimate of drug-likeness (QED) is 0.422. The number of rotatable bonds is 1. The van der Waals surface area contributed by atoms with Gasteiger partial charge in [0.1, 0.15) is 5.60 Å². The molecule has 4 heteroatoms. The third kappa shape index (κ3) is 1.85. The number of esters is 1. The van der Waals surface area contributed by atoms with Crippen LogP contribution in [0, 0.1) is 40.9 Å². The minimum Gasteiger partial charge on any atom is -0.458 e. The molecule has 27 heavy (non-hydrogen) atoms. The van der Waals surface area contributed by atoms with Crippen molar-refractivity contribution in [3.8, 4) is 0 Å². The van der Waals surface area contributed by atoms with Crippen LogP contribution in [-0.4, -0.2) is 22.5 Å². The standard InChI is InChI=1S/C23H29NO3/c1-2-22-9-7-16-15-6-4-14(24-26)11-13(15)3-5-17(16)21(22)18-12-19(18)23(22)10-8-20(25)27-23/h3,5,11,15-19,21,26H,2,4,6-10,12H2,1H3/b24-14+/t15-,16?,17?,18-,19+,21?,22-,23-/m0/s1. The third-order valence-corrected chi connectivity index (χ3v) is 9.47. The molecule has 0 radical (unpaired) electrons. The van der Waals surface area contributed by atoms with Crippen LogP contribution in [0.1, 0.15) is 58.3 Å². The Morgan fingerprint density at radius 3 is 2.89 bits per heavy atom. The molecule has 1 saturated heterocycles. The van der Waals surface area contributed by atoms with Gasteiger partial charge in [0.05, 0.1) is 5.71 Å². The number of hydrogen-bond donors (Lipinski definition) is 1. The molecule has 0 aromatic heterocycles. The summed E-state index contributed by atoms with van der Waals surface area (Å²) in [4.78, 5) is 12.2. The van der Waals surface area contributed by atoms with Crippen molar-refractivity contribution in [2.24, 2.45) is 46.1 Å². The lowest BCUT2D eigenvalue weighted by atomic mass is 9.49. The number of fused-ring (bicyclic) bond motifs is 9. The summed E-state index contributed by atoms with van der Waals surface area (Å²) in [6.45, 7) is 2.34. The number of carbonyl (C=O) groups excluding carboxylic acids is 1. The zero-order chi connectivity index (χ0) is 18.4. The molecule has 4 fully saturated rings. The second kappa shape index (κ2) is 5.27. The molecule has 6 rings (SSSR count). The highest BCUT2D eigenvalue weighted by Crippen LogP contribution is 2.79. The van der Waals surface area contributed by atoms with E-state index in [0.717, 1.165) is 37.3 Å². The van der Waals surface area contributed by atoms with Crippen molar-refractivity contribution in [1.29, 1.82) is 0 Å². The van der Waals surface area contributed by atoms with E-state index in [1.807, 2.05) is 0 Å². The minimum absolute atomic E-state index is 0.0451. The Hall–Kier alpha value is -1.58. The molecule has 0 aromatic carbocycles. The second-order valence-electron chi connectivity index (χ2n) is 9.92. The Balaban J connectivity index is 1.41. The van der Waals surface area contributed by atoms with Gasteiger partial charge in [0.15, 0.2) is 0 Å². The Morgan fingerprint density at radius 2 is 2.15 bits per heavy atom. The molecule has 6 aliphatic rings. The molecule has 144 valence electrons. The monoisotopic (exact) mass is 367 g/mol. The highest BCUT2D eigenvalue weighted by molar-refractivity contribution is 5.96. The lowest BCUT2D eigenvalue weighted by Gasteiger charge is -2.57. The van der Waals surface area contributed by atoms with Gasteiger partial charge >= 0.3 is 5.97 Å². The number of hydrogen-bond acceptors (Lipinski definition) is 4. The Labute approximate surface area is 160 Å². The first-order valence-corrected chi connectivity index (χ1v) is 11.0. The van der Waals surface area contributed by atoms with Crippen molar-refractivity contribution in [2.75, 3.05) is 0 Å². The maximum Gasteiger partial charge on any atom is 0.306 e. The van der Waals surface area contributed by atoms with Gasteiger partial charge in [0.25, 0.3) is 0 Å². The van der Waals surface area contributed by atoms with Crippen LogP contribution >= 0.6 is 0 Å². The molecular formula is C23H29NO3. The Morgan fingerprint density at radius 1 is 1.26 bits per heavy atom. The fourth-order valence-corrected chi connectivity index (χ4v) is 8.55. The average molecular weight is 367 g/mol. The summed E-state index contributed by atoms with van der Waals surface area (Å²) >= 11 is 0. The molecule has 0 aromatic rings. The molecule has 5 aliphatic carbocycles. The van der Waals surface area contributed by atoms with Crippen LogP contribution in [0.2, 0.25) is 0 Å². The van der Waals surface area contributed by atoms with E-state index in [2.05, 4.69) is 30.3 Å². The van der Waals surface area contributed by atoms with Crippen LogP contribution in [0.15, 0.2) is 29.0 Å². The lowest BCUT2D eigenvalue weighted by Crippen LogP contribution is -2.55. The summed E-state index contributed by atoms with van der Waals surface area (Å²) in [6, 6.07) is 0. The molecule has 1 spiro atoms. The number of carbonyl (C=O) groups is 1. The maximum atomic E-state index is 12.2. The van der Waals surface area contributed by atoms with E-state index >= 15 is 0 Å². The van der Waals surface area contributed by atoms with E-state index in [0.29, 0.717) is 36.0 Å². The maximum absolute atomic E-state index is 12.2. The number of nitrogens with zero attached hydrogens (tertiary/aromatic N) is 1. The summed E-state index contributed by atoms with van der Waals surface area (Å²) in [7, 11) is 0. The van der Waals surface area contributed by atoms with E-state index < -0.39 is 0 Å². The zero-order valence-corrected chi connectivity index (χ0v) is 16.1. The molecule has 1 N–H and O–H groups in total. The van der Waals surface area contributed by atoms with Crippen LogP contribution in [0.3, 0.4) is 0 Å². The highest BCUT2D eigenvalue weighted by atomic mass is 16.6. The van der Waals surface area contributed by atoms with Gasteiger partial charge in [0.2, 0.25) is 0 Å². The number of oxime groups is 1. The fourth-order valence-electron chi connectivity index (χ4n) is 8.55. The van der Waals surface area contributed by atoms with Gasteiger partial charge in [-0.15, -0.1) is 0 Å². The van der Waals surface area contributed by atoms with E-state index in [-0.39, 0.29) is 17.0 Å². The van der Waals surface area contributed by atoms with Gasteiger partial charge in [0, 0.05) is 17.8 Å². The van der Waals surface area contributed by atoms with Gasteiger partial charge in [-0.2, -0.15) is 0 Å². The van der Waals surface area contributed by atoms with E-state index in [4.69, 9.17) is 9.94 Å². The van der Waals surface area contributed by atoms with Crippen molar-refractivity contribution in [1.82, 2.24) is 0 Å². The van der Waals surface area contributed by atoms with Gasteiger partial charge in [-0.25, -0.2) is 0 Å². The largest absolute Gasteiger partial charge is 0.458 e. The van der Waals surface area contributed by atoms with Crippen molar-refractivity contribution in [3.63, 3.8) is 0 Å². The molecule has 0 amide bonds. The lowest BCUT2D eigenvalue weighted by molar-refractivity contribution is -0.175. The SMILES string of the molecule is CC[C@]12CCC3C(C=CC4=C/C(=N/O)CC[C@@H]43)C1[C@H]1C[C@H]1[C@@]21CCC(=O)O1. The molecule has 1 heterocycles.